The minimum absolute atomic E-state index is 0.273. The summed E-state index contributed by atoms with van der Waals surface area (Å²) in [4.78, 5) is 34.1. The lowest BCUT2D eigenvalue weighted by molar-refractivity contribution is -0.140. The molecule has 0 spiro atoms. The summed E-state index contributed by atoms with van der Waals surface area (Å²) < 4.78 is 0. The van der Waals surface area contributed by atoms with Gasteiger partial charge in [-0.25, -0.2) is 0 Å². The topological polar surface area (TPSA) is 51.2 Å². The number of Topliss-reactive ketones (excluding diaryl/α,β-unsaturated/α-hetero) is 3. The Bertz CT molecular complexity index is 256. The molecule has 0 bridgehead atoms. The Labute approximate surface area is 71.1 Å². The van der Waals surface area contributed by atoms with Crippen LogP contribution in [0.25, 0.3) is 0 Å². The van der Waals surface area contributed by atoms with Gasteiger partial charge in [0.1, 0.15) is 0 Å². The molecule has 0 aromatic rings. The van der Waals surface area contributed by atoms with Crippen LogP contribution < -0.4 is 0 Å². The first-order valence-corrected chi connectivity index (χ1v) is 3.86. The SMILES string of the molecule is CC1(C)C(=O)C(=O)C(C)(C)C1=O. The van der Waals surface area contributed by atoms with Crippen molar-refractivity contribution in [2.75, 3.05) is 0 Å². The van der Waals surface area contributed by atoms with E-state index in [1.807, 2.05) is 0 Å². The smallest absolute Gasteiger partial charge is 0.212 e. The second-order valence-electron chi connectivity index (χ2n) is 4.24. The Morgan fingerprint density at radius 1 is 0.750 bits per heavy atom. The summed E-state index contributed by atoms with van der Waals surface area (Å²) in [5.41, 5.74) is -2.22. The largest absolute Gasteiger partial charge is 0.297 e. The zero-order chi connectivity index (χ0) is 9.73. The summed E-state index contributed by atoms with van der Waals surface area (Å²) in [6.45, 7) is 6.02. The van der Waals surface area contributed by atoms with Gasteiger partial charge in [-0.05, 0) is 27.7 Å². The fourth-order valence-electron chi connectivity index (χ4n) is 1.56. The van der Waals surface area contributed by atoms with Gasteiger partial charge in [-0.2, -0.15) is 0 Å². The number of rotatable bonds is 0. The average Bonchev–Trinajstić information content (AvgIpc) is 2.06. The Hall–Kier alpha value is -0.990. The Morgan fingerprint density at radius 3 is 1.08 bits per heavy atom. The molecule has 12 heavy (non-hydrogen) atoms. The monoisotopic (exact) mass is 168 g/mol. The van der Waals surface area contributed by atoms with Crippen molar-refractivity contribution in [3.8, 4) is 0 Å². The van der Waals surface area contributed by atoms with Gasteiger partial charge in [0.15, 0.2) is 5.78 Å². The molecule has 0 aliphatic heterocycles. The van der Waals surface area contributed by atoms with Gasteiger partial charge in [0.05, 0.1) is 10.8 Å². The van der Waals surface area contributed by atoms with E-state index in [9.17, 15) is 14.4 Å². The molecule has 0 radical (unpaired) electrons. The van der Waals surface area contributed by atoms with Gasteiger partial charge in [0.25, 0.3) is 0 Å². The summed E-state index contributed by atoms with van der Waals surface area (Å²) >= 11 is 0. The molecular weight excluding hydrogens is 156 g/mol. The molecule has 0 atom stereocenters. The van der Waals surface area contributed by atoms with Gasteiger partial charge in [-0.3, -0.25) is 14.4 Å². The third-order valence-corrected chi connectivity index (χ3v) is 2.48. The fourth-order valence-corrected chi connectivity index (χ4v) is 1.56. The highest BCUT2D eigenvalue weighted by atomic mass is 16.2. The number of carbonyl (C=O) groups is 3. The zero-order valence-corrected chi connectivity index (χ0v) is 7.72. The lowest BCUT2D eigenvalue weighted by atomic mass is 9.83. The average molecular weight is 168 g/mol. The van der Waals surface area contributed by atoms with Crippen LogP contribution in [-0.2, 0) is 14.4 Å². The van der Waals surface area contributed by atoms with Gasteiger partial charge >= 0.3 is 0 Å². The van der Waals surface area contributed by atoms with Crippen molar-refractivity contribution in [1.82, 2.24) is 0 Å². The fraction of sp³-hybridized carbons (Fsp3) is 0.667. The van der Waals surface area contributed by atoms with Gasteiger partial charge in [0.2, 0.25) is 11.6 Å². The molecule has 0 aromatic heterocycles. The van der Waals surface area contributed by atoms with Crippen molar-refractivity contribution in [2.24, 2.45) is 10.8 Å². The van der Waals surface area contributed by atoms with Crippen molar-refractivity contribution < 1.29 is 14.4 Å². The van der Waals surface area contributed by atoms with Crippen LogP contribution in [0.4, 0.5) is 0 Å². The number of hydrogen-bond acceptors (Lipinski definition) is 3. The maximum Gasteiger partial charge on any atom is 0.212 e. The summed E-state index contributed by atoms with van der Waals surface area (Å²) in [5, 5.41) is 0. The standard InChI is InChI=1S/C9H12O3/c1-8(2)5(10)6(11)9(3,4)7(8)12/h1-4H3. The predicted octanol–water partition coefficient (Wildman–Crippen LogP) is 0.760. The van der Waals surface area contributed by atoms with E-state index in [2.05, 4.69) is 0 Å². The van der Waals surface area contributed by atoms with Crippen molar-refractivity contribution in [3.63, 3.8) is 0 Å². The molecule has 1 rings (SSSR count). The highest BCUT2D eigenvalue weighted by Crippen LogP contribution is 2.39. The maximum absolute atomic E-state index is 11.5. The lowest BCUT2D eigenvalue weighted by Crippen LogP contribution is -2.30. The van der Waals surface area contributed by atoms with E-state index >= 15 is 0 Å². The molecule has 66 valence electrons. The summed E-state index contributed by atoms with van der Waals surface area (Å²) in [6, 6.07) is 0. The van der Waals surface area contributed by atoms with E-state index in [1.54, 1.807) is 0 Å². The summed E-state index contributed by atoms with van der Waals surface area (Å²) in [7, 11) is 0. The Kier molecular flexibility index (Phi) is 1.54. The third kappa shape index (κ3) is 0.792. The van der Waals surface area contributed by atoms with E-state index in [1.165, 1.54) is 27.7 Å². The molecule has 1 saturated carbocycles. The Balaban J connectivity index is 3.31. The predicted molar refractivity (Wildman–Crippen MR) is 42.6 cm³/mol. The van der Waals surface area contributed by atoms with Crippen LogP contribution in [0.2, 0.25) is 0 Å². The third-order valence-electron chi connectivity index (χ3n) is 2.48. The van der Waals surface area contributed by atoms with E-state index in [-0.39, 0.29) is 5.78 Å². The van der Waals surface area contributed by atoms with Gasteiger partial charge in [-0.15, -0.1) is 0 Å². The molecule has 0 heterocycles. The quantitative estimate of drug-likeness (QED) is 0.396. The van der Waals surface area contributed by atoms with E-state index < -0.39 is 22.4 Å². The van der Waals surface area contributed by atoms with Crippen LogP contribution in [0, 0.1) is 10.8 Å². The van der Waals surface area contributed by atoms with Gasteiger partial charge < -0.3 is 0 Å². The maximum atomic E-state index is 11.5. The van der Waals surface area contributed by atoms with Crippen LogP contribution in [0.1, 0.15) is 27.7 Å². The van der Waals surface area contributed by atoms with E-state index in [0.29, 0.717) is 0 Å². The minimum atomic E-state index is -1.11. The van der Waals surface area contributed by atoms with Crippen LogP contribution >= 0.6 is 0 Å². The Morgan fingerprint density at radius 2 is 1.00 bits per heavy atom. The highest BCUT2D eigenvalue weighted by Gasteiger charge is 2.59. The number of hydrogen-bond donors (Lipinski definition) is 0. The molecule has 1 aliphatic rings. The molecule has 0 N–H and O–H groups in total. The van der Waals surface area contributed by atoms with Gasteiger partial charge in [0, 0.05) is 0 Å². The van der Waals surface area contributed by atoms with Crippen LogP contribution in [-0.4, -0.2) is 17.3 Å². The van der Waals surface area contributed by atoms with Crippen molar-refractivity contribution in [3.05, 3.63) is 0 Å². The lowest BCUT2D eigenvalue weighted by Gasteiger charge is -2.15. The van der Waals surface area contributed by atoms with E-state index in [4.69, 9.17) is 0 Å². The minimum Gasteiger partial charge on any atom is -0.297 e. The molecule has 0 amide bonds. The van der Waals surface area contributed by atoms with Crippen LogP contribution in [0.15, 0.2) is 0 Å². The van der Waals surface area contributed by atoms with Crippen molar-refractivity contribution in [2.45, 2.75) is 27.7 Å². The summed E-state index contributed by atoms with van der Waals surface area (Å²) in [6.07, 6.45) is 0. The van der Waals surface area contributed by atoms with Crippen molar-refractivity contribution in [1.29, 1.82) is 0 Å². The van der Waals surface area contributed by atoms with E-state index in [0.717, 1.165) is 0 Å². The van der Waals surface area contributed by atoms with Crippen LogP contribution in [0.3, 0.4) is 0 Å². The second-order valence-corrected chi connectivity index (χ2v) is 4.24. The molecule has 3 nitrogen and oxygen atoms in total. The zero-order valence-electron chi connectivity index (χ0n) is 7.72. The molecule has 0 aromatic carbocycles. The van der Waals surface area contributed by atoms with Gasteiger partial charge in [-0.1, -0.05) is 0 Å². The molecular formula is C9H12O3. The number of ketones is 3. The molecule has 0 saturated heterocycles. The normalized spacial score (nSPS) is 26.5. The first-order valence-electron chi connectivity index (χ1n) is 3.86. The molecule has 0 unspecified atom stereocenters. The molecule has 1 fully saturated rings. The van der Waals surface area contributed by atoms with Crippen molar-refractivity contribution >= 4 is 17.3 Å². The first-order chi connectivity index (χ1) is 5.22. The highest BCUT2D eigenvalue weighted by molar-refractivity contribution is 6.54. The molecule has 1 aliphatic carbocycles. The first kappa shape index (κ1) is 9.10. The van der Waals surface area contributed by atoms with Crippen LogP contribution in [0.5, 0.6) is 0 Å². The summed E-state index contributed by atoms with van der Waals surface area (Å²) in [5.74, 6) is -1.39. The second kappa shape index (κ2) is 2.03. The number of carbonyl (C=O) groups excluding carboxylic acids is 3. The molecule has 3 heteroatoms.